The predicted octanol–water partition coefficient (Wildman–Crippen LogP) is 3.22. The van der Waals surface area contributed by atoms with Crippen molar-refractivity contribution in [2.75, 3.05) is 17.0 Å². The average molecular weight is 477 g/mol. The average Bonchev–Trinajstić information content (AvgIpc) is 2.79. The molecule has 2 N–H and O–H groups in total. The van der Waals surface area contributed by atoms with E-state index in [1.807, 2.05) is 0 Å². The second-order valence-corrected chi connectivity index (χ2v) is 10.6. The second kappa shape index (κ2) is 9.92. The number of anilines is 1. The molecule has 3 aromatic carbocycles. The summed E-state index contributed by atoms with van der Waals surface area (Å²) in [6.07, 6.45) is 0.224. The largest absolute Gasteiger partial charge is 0.352 e. The van der Waals surface area contributed by atoms with Gasteiger partial charge in [-0.05, 0) is 55.0 Å². The summed E-state index contributed by atoms with van der Waals surface area (Å²) in [5, 5.41) is 2.61. The Balaban J connectivity index is 1.55. The summed E-state index contributed by atoms with van der Waals surface area (Å²) in [7, 11) is -7.46. The van der Waals surface area contributed by atoms with Crippen LogP contribution in [0.25, 0.3) is 0 Å². The van der Waals surface area contributed by atoms with Crippen LogP contribution in [0, 0.1) is 5.82 Å². The van der Waals surface area contributed by atoms with Gasteiger partial charge in [0.25, 0.3) is 15.9 Å². The summed E-state index contributed by atoms with van der Waals surface area (Å²) >= 11 is 0. The van der Waals surface area contributed by atoms with Crippen molar-refractivity contribution in [3.8, 4) is 0 Å². The summed E-state index contributed by atoms with van der Waals surface area (Å²) < 4.78 is 65.2. The minimum Gasteiger partial charge on any atom is -0.352 e. The molecule has 0 fully saturated rings. The fraction of sp³-hybridized carbons (Fsp3) is 0.136. The maximum atomic E-state index is 13.7. The fourth-order valence-corrected chi connectivity index (χ4v) is 5.24. The molecule has 168 valence electrons. The zero-order valence-corrected chi connectivity index (χ0v) is 18.5. The van der Waals surface area contributed by atoms with E-state index in [0.717, 1.165) is 6.07 Å². The topological polar surface area (TPSA) is 109 Å². The van der Waals surface area contributed by atoms with Gasteiger partial charge < -0.3 is 5.32 Å². The molecule has 0 aromatic heterocycles. The number of hydrogen-bond donors (Lipinski definition) is 2. The molecule has 3 aromatic rings. The highest BCUT2D eigenvalue weighted by Gasteiger charge is 2.17. The highest BCUT2D eigenvalue weighted by Crippen LogP contribution is 2.19. The van der Waals surface area contributed by atoms with Crippen LogP contribution in [0.1, 0.15) is 16.8 Å². The van der Waals surface area contributed by atoms with Crippen molar-refractivity contribution in [1.82, 2.24) is 5.32 Å². The normalized spacial score (nSPS) is 11.7. The summed E-state index contributed by atoms with van der Waals surface area (Å²) in [5.74, 6) is -1.29. The first-order valence-corrected chi connectivity index (χ1v) is 12.8. The van der Waals surface area contributed by atoms with E-state index in [9.17, 15) is 26.0 Å². The van der Waals surface area contributed by atoms with Gasteiger partial charge in [-0.2, -0.15) is 0 Å². The minimum atomic E-state index is -4.03. The van der Waals surface area contributed by atoms with Gasteiger partial charge in [-0.3, -0.25) is 9.52 Å². The Kier molecular flexibility index (Phi) is 7.26. The first-order chi connectivity index (χ1) is 15.2. The monoisotopic (exact) mass is 476 g/mol. The third kappa shape index (κ3) is 5.92. The van der Waals surface area contributed by atoms with E-state index in [0.29, 0.717) is 0 Å². The number of hydrogen-bond acceptors (Lipinski definition) is 5. The Morgan fingerprint density at radius 3 is 2.06 bits per heavy atom. The molecule has 3 rings (SSSR count). The van der Waals surface area contributed by atoms with Gasteiger partial charge in [0, 0.05) is 12.1 Å². The molecule has 0 saturated heterocycles. The molecule has 1 amide bonds. The van der Waals surface area contributed by atoms with E-state index in [1.165, 1.54) is 54.6 Å². The van der Waals surface area contributed by atoms with Crippen LogP contribution in [0.5, 0.6) is 0 Å². The molecule has 0 aliphatic heterocycles. The lowest BCUT2D eigenvalue weighted by molar-refractivity contribution is 0.0953. The van der Waals surface area contributed by atoms with Crippen LogP contribution in [0.3, 0.4) is 0 Å². The Bertz CT molecular complexity index is 1290. The number of para-hydroxylation sites is 1. The van der Waals surface area contributed by atoms with Gasteiger partial charge in [-0.25, -0.2) is 21.2 Å². The van der Waals surface area contributed by atoms with Gasteiger partial charge in [-0.15, -0.1) is 0 Å². The minimum absolute atomic E-state index is 0.115. The van der Waals surface area contributed by atoms with Gasteiger partial charge in [0.05, 0.1) is 21.2 Å². The summed E-state index contributed by atoms with van der Waals surface area (Å²) in [6.45, 7) is 0.139. The summed E-state index contributed by atoms with van der Waals surface area (Å²) in [5.41, 5.74) is 0.0283. The van der Waals surface area contributed by atoms with Gasteiger partial charge in [0.15, 0.2) is 9.84 Å². The standard InChI is InChI=1S/C22H21FN2O5S2/c23-20-9-4-5-10-21(20)25-32(29,30)19-13-11-17(12-14-19)22(26)24-15-6-16-31(27,28)18-7-2-1-3-8-18/h1-5,7-14,25H,6,15-16H2,(H,24,26). The molecule has 0 radical (unpaired) electrons. The summed E-state index contributed by atoms with van der Waals surface area (Å²) in [4.78, 5) is 12.4. The number of benzene rings is 3. The maximum Gasteiger partial charge on any atom is 0.261 e. The predicted molar refractivity (Wildman–Crippen MR) is 119 cm³/mol. The van der Waals surface area contributed by atoms with Crippen molar-refractivity contribution < 1.29 is 26.0 Å². The van der Waals surface area contributed by atoms with Crippen molar-refractivity contribution in [1.29, 1.82) is 0 Å². The Morgan fingerprint density at radius 2 is 1.41 bits per heavy atom. The fourth-order valence-electron chi connectivity index (χ4n) is 2.84. The number of carbonyl (C=O) groups excluding carboxylic acids is 1. The van der Waals surface area contributed by atoms with Crippen molar-refractivity contribution >= 4 is 31.5 Å². The number of nitrogens with one attached hydrogen (secondary N) is 2. The molecule has 0 saturated carbocycles. The molecule has 0 heterocycles. The highest BCUT2D eigenvalue weighted by molar-refractivity contribution is 7.92. The van der Waals surface area contributed by atoms with Crippen LogP contribution in [-0.4, -0.2) is 35.0 Å². The number of sulfonamides is 1. The van der Waals surface area contributed by atoms with Crippen molar-refractivity contribution in [3.05, 3.63) is 90.2 Å². The molecular formula is C22H21FN2O5S2. The van der Waals surface area contributed by atoms with Crippen LogP contribution >= 0.6 is 0 Å². The lowest BCUT2D eigenvalue weighted by atomic mass is 10.2. The number of halogens is 1. The molecule has 0 unspecified atom stereocenters. The van der Waals surface area contributed by atoms with Crippen molar-refractivity contribution in [2.24, 2.45) is 0 Å². The third-order valence-corrected chi connectivity index (χ3v) is 7.72. The highest BCUT2D eigenvalue weighted by atomic mass is 32.2. The molecule has 0 aliphatic carbocycles. The summed E-state index contributed by atoms with van der Waals surface area (Å²) in [6, 6.07) is 18.5. The Hall–Kier alpha value is -3.24. The van der Waals surface area contributed by atoms with Crippen LogP contribution in [0.15, 0.2) is 88.7 Å². The molecule has 0 aliphatic rings. The molecule has 0 spiro atoms. The van der Waals surface area contributed by atoms with Crippen molar-refractivity contribution in [3.63, 3.8) is 0 Å². The van der Waals surface area contributed by atoms with E-state index in [2.05, 4.69) is 10.0 Å². The zero-order chi connectivity index (χ0) is 23.2. The first-order valence-electron chi connectivity index (χ1n) is 9.62. The lowest BCUT2D eigenvalue weighted by Gasteiger charge is -2.10. The molecule has 7 nitrogen and oxygen atoms in total. The van der Waals surface area contributed by atoms with E-state index in [-0.39, 0.29) is 39.8 Å². The van der Waals surface area contributed by atoms with Crippen LogP contribution in [0.4, 0.5) is 10.1 Å². The van der Waals surface area contributed by atoms with Gasteiger partial charge in [-0.1, -0.05) is 30.3 Å². The van der Waals surface area contributed by atoms with Crippen LogP contribution < -0.4 is 10.0 Å². The van der Waals surface area contributed by atoms with E-state index < -0.39 is 31.6 Å². The Labute approximate surface area is 186 Å². The van der Waals surface area contributed by atoms with Crippen LogP contribution in [0.2, 0.25) is 0 Å². The first kappa shape index (κ1) is 23.4. The lowest BCUT2D eigenvalue weighted by Crippen LogP contribution is -2.26. The molecule has 32 heavy (non-hydrogen) atoms. The number of carbonyl (C=O) groups is 1. The van der Waals surface area contributed by atoms with E-state index >= 15 is 0 Å². The molecule has 0 bridgehead atoms. The zero-order valence-electron chi connectivity index (χ0n) is 16.9. The number of sulfone groups is 1. The quantitative estimate of drug-likeness (QED) is 0.461. The number of rotatable bonds is 9. The van der Waals surface area contributed by atoms with Gasteiger partial charge in [0.2, 0.25) is 0 Å². The van der Waals surface area contributed by atoms with E-state index in [1.54, 1.807) is 18.2 Å². The molecule has 0 atom stereocenters. The second-order valence-electron chi connectivity index (χ2n) is 6.85. The van der Waals surface area contributed by atoms with Gasteiger partial charge in [0.1, 0.15) is 5.82 Å². The third-order valence-electron chi connectivity index (χ3n) is 4.52. The molecule has 10 heteroatoms. The van der Waals surface area contributed by atoms with E-state index in [4.69, 9.17) is 0 Å². The molecular weight excluding hydrogens is 455 g/mol. The SMILES string of the molecule is O=C(NCCCS(=O)(=O)c1ccccc1)c1ccc(S(=O)(=O)Nc2ccccc2F)cc1. The number of amides is 1. The smallest absolute Gasteiger partial charge is 0.261 e. The van der Waals surface area contributed by atoms with Gasteiger partial charge >= 0.3 is 0 Å². The maximum absolute atomic E-state index is 13.7. The van der Waals surface area contributed by atoms with Crippen molar-refractivity contribution in [2.45, 2.75) is 16.2 Å². The van der Waals surface area contributed by atoms with Crippen LogP contribution in [-0.2, 0) is 19.9 Å². The Morgan fingerprint density at radius 1 is 0.781 bits per heavy atom.